The Hall–Kier alpha value is -0.290. The topological polar surface area (TPSA) is 35.2 Å². The first-order chi connectivity index (χ1) is 5.24. The van der Waals surface area contributed by atoms with Crippen LogP contribution in [0.3, 0.4) is 0 Å². The highest BCUT2D eigenvalue weighted by atomic mass is 127. The molecule has 2 nitrogen and oxygen atoms in total. The number of benzene rings is 1. The monoisotopic (exact) mass is 263 g/mol. The molecule has 0 aliphatic rings. The van der Waals surface area contributed by atoms with Crippen molar-refractivity contribution in [2.45, 2.75) is 10.8 Å². The molecule has 0 fully saturated rings. The van der Waals surface area contributed by atoms with E-state index in [1.165, 1.54) is 5.56 Å². The Morgan fingerprint density at radius 2 is 1.91 bits per heavy atom. The number of nitrogens with two attached hydrogens (primary N) is 1. The number of halogens is 1. The molecule has 0 spiro atoms. The molecule has 0 radical (unpaired) electrons. The van der Waals surface area contributed by atoms with Gasteiger partial charge in [-0.3, -0.25) is 0 Å². The van der Waals surface area contributed by atoms with E-state index < -0.39 is 0 Å². The molecule has 0 amide bonds. The predicted octanol–water partition coefficient (Wildman–Crippen LogP) is 2.44. The maximum absolute atomic E-state index is 4.97. The average molecular weight is 263 g/mol. The Morgan fingerprint density at radius 1 is 1.36 bits per heavy atom. The van der Waals surface area contributed by atoms with Crippen LogP contribution >= 0.6 is 22.6 Å². The largest absolute Gasteiger partial charge is 0.412 e. The summed E-state index contributed by atoms with van der Waals surface area (Å²) in [7, 11) is 0. The smallest absolute Gasteiger partial charge is 0.146 e. The van der Waals surface area contributed by atoms with E-state index in [1.54, 1.807) is 0 Å². The molecule has 2 N–H and O–H groups in total. The summed E-state index contributed by atoms with van der Waals surface area (Å²) in [5.74, 6) is 5.67. The van der Waals surface area contributed by atoms with E-state index in [2.05, 4.69) is 34.4 Å². The zero-order chi connectivity index (χ0) is 8.27. The first-order valence-electron chi connectivity index (χ1n) is 3.35. The van der Waals surface area contributed by atoms with Gasteiger partial charge >= 0.3 is 0 Å². The lowest BCUT2D eigenvalue weighted by Crippen LogP contribution is -2.01. The van der Waals surface area contributed by atoms with Crippen LogP contribution in [0.4, 0.5) is 0 Å². The van der Waals surface area contributed by atoms with Crippen molar-refractivity contribution in [3.8, 4) is 5.75 Å². The molecule has 0 heterocycles. The van der Waals surface area contributed by atoms with Gasteiger partial charge < -0.3 is 4.84 Å². The van der Waals surface area contributed by atoms with Crippen molar-refractivity contribution in [1.29, 1.82) is 0 Å². The minimum absolute atomic E-state index is 0.527. The van der Waals surface area contributed by atoms with Gasteiger partial charge in [0, 0.05) is 3.92 Å². The Balaban J connectivity index is 2.83. The van der Waals surface area contributed by atoms with E-state index in [1.807, 2.05) is 24.3 Å². The Labute approximate surface area is 79.8 Å². The van der Waals surface area contributed by atoms with Gasteiger partial charge in [0.25, 0.3) is 0 Å². The summed E-state index contributed by atoms with van der Waals surface area (Å²) in [6.07, 6.45) is 0. The molecular formula is C8H10INO. The fourth-order valence-corrected chi connectivity index (χ4v) is 1.23. The molecule has 0 aliphatic carbocycles. The maximum atomic E-state index is 4.97. The van der Waals surface area contributed by atoms with Crippen molar-refractivity contribution in [3.63, 3.8) is 0 Å². The second kappa shape index (κ2) is 3.92. The van der Waals surface area contributed by atoms with Crippen LogP contribution in [-0.2, 0) is 0 Å². The van der Waals surface area contributed by atoms with Crippen LogP contribution < -0.4 is 10.7 Å². The normalized spacial score (nSPS) is 12.6. The molecular weight excluding hydrogens is 253 g/mol. The van der Waals surface area contributed by atoms with Crippen molar-refractivity contribution in [1.82, 2.24) is 0 Å². The summed E-state index contributed by atoms with van der Waals surface area (Å²) in [5.41, 5.74) is 1.28. The third kappa shape index (κ3) is 2.34. The van der Waals surface area contributed by atoms with Crippen LogP contribution in [0.5, 0.6) is 5.75 Å². The Kier molecular flexibility index (Phi) is 3.14. The fourth-order valence-electron chi connectivity index (χ4n) is 0.812. The third-order valence-electron chi connectivity index (χ3n) is 1.48. The highest BCUT2D eigenvalue weighted by Crippen LogP contribution is 2.23. The maximum Gasteiger partial charge on any atom is 0.146 e. The van der Waals surface area contributed by atoms with E-state index in [0.717, 1.165) is 0 Å². The standard InChI is InChI=1S/C8H10INO/c1-6(9)7-2-4-8(11-10)5-3-7/h2-6H,10H2,1H3. The predicted molar refractivity (Wildman–Crippen MR) is 53.7 cm³/mol. The summed E-state index contributed by atoms with van der Waals surface area (Å²) in [5, 5.41) is 0. The van der Waals surface area contributed by atoms with Crippen molar-refractivity contribution < 1.29 is 4.84 Å². The second-order valence-corrected chi connectivity index (χ2v) is 4.17. The first-order valence-corrected chi connectivity index (χ1v) is 4.59. The van der Waals surface area contributed by atoms with Crippen molar-refractivity contribution in [2.75, 3.05) is 0 Å². The van der Waals surface area contributed by atoms with Gasteiger partial charge in [-0.2, -0.15) is 5.90 Å². The summed E-state index contributed by atoms with van der Waals surface area (Å²) in [6.45, 7) is 2.14. The molecule has 1 aromatic carbocycles. The average Bonchev–Trinajstić information content (AvgIpc) is 2.05. The lowest BCUT2D eigenvalue weighted by Gasteiger charge is -2.03. The van der Waals surface area contributed by atoms with Gasteiger partial charge in [-0.25, -0.2) is 0 Å². The van der Waals surface area contributed by atoms with E-state index >= 15 is 0 Å². The van der Waals surface area contributed by atoms with E-state index in [0.29, 0.717) is 9.67 Å². The SMILES string of the molecule is CC(I)c1ccc(ON)cc1. The second-order valence-electron chi connectivity index (χ2n) is 2.30. The number of alkyl halides is 1. The molecule has 1 unspecified atom stereocenters. The van der Waals surface area contributed by atoms with Gasteiger partial charge in [-0.15, -0.1) is 0 Å². The zero-order valence-corrected chi connectivity index (χ0v) is 8.41. The lowest BCUT2D eigenvalue weighted by molar-refractivity contribution is 0.334. The van der Waals surface area contributed by atoms with Crippen LogP contribution in [0.2, 0.25) is 0 Å². The minimum Gasteiger partial charge on any atom is -0.412 e. The number of hydrogen-bond acceptors (Lipinski definition) is 2. The summed E-state index contributed by atoms with van der Waals surface area (Å²) in [4.78, 5) is 4.55. The number of rotatable bonds is 2. The third-order valence-corrected chi connectivity index (χ3v) is 2.19. The van der Waals surface area contributed by atoms with E-state index in [-0.39, 0.29) is 0 Å². The van der Waals surface area contributed by atoms with Gasteiger partial charge in [0.05, 0.1) is 0 Å². The summed E-state index contributed by atoms with van der Waals surface area (Å²) in [6, 6.07) is 7.76. The molecule has 1 atom stereocenters. The first kappa shape index (κ1) is 8.80. The van der Waals surface area contributed by atoms with Crippen molar-refractivity contribution in [2.24, 2.45) is 5.90 Å². The van der Waals surface area contributed by atoms with Gasteiger partial charge in [0.1, 0.15) is 5.75 Å². The summed E-state index contributed by atoms with van der Waals surface area (Å²) < 4.78 is 0.527. The highest BCUT2D eigenvalue weighted by Gasteiger charge is 1.99. The van der Waals surface area contributed by atoms with Crippen LogP contribution in [0.1, 0.15) is 16.4 Å². The fraction of sp³-hybridized carbons (Fsp3) is 0.250. The minimum atomic E-state index is 0.527. The molecule has 0 saturated carbocycles. The van der Waals surface area contributed by atoms with Crippen LogP contribution in [0, 0.1) is 0 Å². The quantitative estimate of drug-likeness (QED) is 0.505. The van der Waals surface area contributed by atoms with Gasteiger partial charge in [-0.05, 0) is 24.6 Å². The zero-order valence-electron chi connectivity index (χ0n) is 6.25. The van der Waals surface area contributed by atoms with Crippen molar-refractivity contribution >= 4 is 22.6 Å². The molecule has 0 saturated heterocycles. The van der Waals surface area contributed by atoms with Crippen LogP contribution in [0.15, 0.2) is 24.3 Å². The molecule has 1 aromatic rings. The van der Waals surface area contributed by atoms with Crippen LogP contribution in [0.25, 0.3) is 0 Å². The van der Waals surface area contributed by atoms with E-state index in [4.69, 9.17) is 5.90 Å². The molecule has 11 heavy (non-hydrogen) atoms. The molecule has 0 aromatic heterocycles. The molecule has 0 aliphatic heterocycles. The van der Waals surface area contributed by atoms with Crippen molar-refractivity contribution in [3.05, 3.63) is 29.8 Å². The summed E-state index contributed by atoms with van der Waals surface area (Å²) >= 11 is 2.36. The van der Waals surface area contributed by atoms with E-state index in [9.17, 15) is 0 Å². The molecule has 3 heteroatoms. The van der Waals surface area contributed by atoms with Gasteiger partial charge in [0.2, 0.25) is 0 Å². The number of hydrogen-bond donors (Lipinski definition) is 1. The molecule has 0 bridgehead atoms. The van der Waals surface area contributed by atoms with Gasteiger partial charge in [0.15, 0.2) is 0 Å². The lowest BCUT2D eigenvalue weighted by atomic mass is 10.2. The highest BCUT2D eigenvalue weighted by molar-refractivity contribution is 14.1. The van der Waals surface area contributed by atoms with Crippen LogP contribution in [-0.4, -0.2) is 0 Å². The molecule has 1 rings (SSSR count). The van der Waals surface area contributed by atoms with Gasteiger partial charge in [-0.1, -0.05) is 34.7 Å². The Morgan fingerprint density at radius 3 is 2.27 bits per heavy atom. The Bertz CT molecular complexity index is 220. The molecule has 60 valence electrons.